The minimum absolute atomic E-state index is 0.0182. The van der Waals surface area contributed by atoms with E-state index < -0.39 is 33.6 Å². The lowest BCUT2D eigenvalue weighted by molar-refractivity contribution is 0.0694. The number of rotatable bonds is 1. The van der Waals surface area contributed by atoms with Crippen LogP contribution in [-0.4, -0.2) is 36.8 Å². The maximum absolute atomic E-state index is 13.3. The quantitative estimate of drug-likeness (QED) is 0.775. The van der Waals surface area contributed by atoms with Crippen LogP contribution in [0.4, 0.5) is 4.39 Å². The zero-order valence-electron chi connectivity index (χ0n) is 10.4. The molecule has 3 rings (SSSR count). The van der Waals surface area contributed by atoms with E-state index in [0.717, 1.165) is 0 Å². The van der Waals surface area contributed by atoms with Crippen molar-refractivity contribution in [1.29, 1.82) is 5.26 Å². The summed E-state index contributed by atoms with van der Waals surface area (Å²) in [5, 5.41) is 9.27. The van der Waals surface area contributed by atoms with Gasteiger partial charge in [-0.1, -0.05) is 0 Å². The molecule has 0 spiro atoms. The van der Waals surface area contributed by atoms with E-state index >= 15 is 0 Å². The first-order chi connectivity index (χ1) is 9.43. The molecule has 0 bridgehead atoms. The number of amides is 1. The number of hydrogen-bond acceptors (Lipinski definition) is 4. The predicted molar refractivity (Wildman–Crippen MR) is 68.0 cm³/mol. The van der Waals surface area contributed by atoms with Gasteiger partial charge in [0.05, 0.1) is 17.6 Å². The first-order valence-electron chi connectivity index (χ1n) is 6.15. The summed E-state index contributed by atoms with van der Waals surface area (Å²) < 4.78 is 36.4. The lowest BCUT2D eigenvalue weighted by atomic mass is 10.1. The number of hydrogen-bond donors (Lipinski definition) is 0. The Balaban J connectivity index is 2.03. The summed E-state index contributed by atoms with van der Waals surface area (Å²) in [6.45, 7) is 0. The topological polar surface area (TPSA) is 78.2 Å². The van der Waals surface area contributed by atoms with E-state index in [-0.39, 0.29) is 17.1 Å². The third kappa shape index (κ3) is 1.88. The molecule has 0 aliphatic carbocycles. The molecule has 2 aliphatic heterocycles. The van der Waals surface area contributed by atoms with Gasteiger partial charge in [0.2, 0.25) is 0 Å². The maximum atomic E-state index is 13.3. The van der Waals surface area contributed by atoms with E-state index in [4.69, 9.17) is 0 Å². The van der Waals surface area contributed by atoms with Crippen molar-refractivity contribution in [2.75, 3.05) is 11.5 Å². The second-order valence-electron chi connectivity index (χ2n) is 5.03. The van der Waals surface area contributed by atoms with Gasteiger partial charge in [0, 0.05) is 17.2 Å². The van der Waals surface area contributed by atoms with Crippen LogP contribution in [0.2, 0.25) is 0 Å². The summed E-state index contributed by atoms with van der Waals surface area (Å²) in [5.41, 5.74) is 0.601. The monoisotopic (exact) mass is 294 g/mol. The van der Waals surface area contributed by atoms with E-state index in [1.807, 2.05) is 6.07 Å². The van der Waals surface area contributed by atoms with Crippen LogP contribution < -0.4 is 0 Å². The van der Waals surface area contributed by atoms with Crippen molar-refractivity contribution in [3.8, 4) is 6.07 Å². The molecule has 2 heterocycles. The summed E-state index contributed by atoms with van der Waals surface area (Å²) in [7, 11) is -3.16. The Morgan fingerprint density at radius 3 is 2.75 bits per heavy atom. The average molecular weight is 294 g/mol. The van der Waals surface area contributed by atoms with Crippen LogP contribution in [0, 0.1) is 17.1 Å². The minimum Gasteiger partial charge on any atom is -0.314 e. The fraction of sp³-hybridized carbons (Fsp3) is 0.385. The second kappa shape index (κ2) is 4.28. The first kappa shape index (κ1) is 13.1. The van der Waals surface area contributed by atoms with Crippen molar-refractivity contribution in [2.45, 2.75) is 18.5 Å². The molecular formula is C13H11FN2O3S. The Labute approximate surface area is 115 Å². The molecule has 2 unspecified atom stereocenters. The van der Waals surface area contributed by atoms with Gasteiger partial charge < -0.3 is 4.90 Å². The molecule has 7 heteroatoms. The Morgan fingerprint density at radius 2 is 2.15 bits per heavy atom. The highest BCUT2D eigenvalue weighted by Crippen LogP contribution is 2.37. The molecule has 1 aromatic rings. The SMILES string of the molecule is N#CC1c2cc(F)ccc2C(=O)N1C1CCS(=O)(=O)C1. The van der Waals surface area contributed by atoms with Crippen molar-refractivity contribution >= 4 is 15.7 Å². The predicted octanol–water partition coefficient (Wildman–Crippen LogP) is 1.03. The zero-order chi connectivity index (χ0) is 14.5. The van der Waals surface area contributed by atoms with Gasteiger partial charge in [-0.05, 0) is 24.6 Å². The standard InChI is InChI=1S/C13H11FN2O3S/c14-8-1-2-10-11(5-8)12(6-15)16(13(10)17)9-3-4-20(18,19)7-9/h1-2,5,9,12H,3-4,7H2. The first-order valence-corrected chi connectivity index (χ1v) is 7.97. The molecule has 1 amide bonds. The molecule has 1 fully saturated rings. The van der Waals surface area contributed by atoms with Gasteiger partial charge in [0.25, 0.3) is 5.91 Å². The molecule has 0 N–H and O–H groups in total. The number of sulfone groups is 1. The average Bonchev–Trinajstić information content (AvgIpc) is 2.87. The van der Waals surface area contributed by atoms with Crippen LogP contribution in [0.3, 0.4) is 0 Å². The fourth-order valence-corrected chi connectivity index (χ4v) is 4.58. The molecule has 0 radical (unpaired) electrons. The normalized spacial score (nSPS) is 27.4. The molecule has 0 saturated carbocycles. The lowest BCUT2D eigenvalue weighted by Gasteiger charge is -2.26. The maximum Gasteiger partial charge on any atom is 0.255 e. The number of halogens is 1. The van der Waals surface area contributed by atoms with Gasteiger partial charge in [-0.25, -0.2) is 12.8 Å². The molecule has 20 heavy (non-hydrogen) atoms. The Hall–Kier alpha value is -1.94. The minimum atomic E-state index is -3.16. The number of benzene rings is 1. The van der Waals surface area contributed by atoms with Gasteiger partial charge in [0.15, 0.2) is 9.84 Å². The van der Waals surface area contributed by atoms with Crippen molar-refractivity contribution < 1.29 is 17.6 Å². The molecule has 2 aliphatic rings. The van der Waals surface area contributed by atoms with E-state index in [1.54, 1.807) is 0 Å². The van der Waals surface area contributed by atoms with Crippen molar-refractivity contribution in [3.05, 3.63) is 35.1 Å². The molecule has 0 aromatic heterocycles. The third-order valence-electron chi connectivity index (χ3n) is 3.78. The molecule has 1 aromatic carbocycles. The van der Waals surface area contributed by atoms with Gasteiger partial charge in [-0.15, -0.1) is 0 Å². The largest absolute Gasteiger partial charge is 0.314 e. The number of carbonyl (C=O) groups excluding carboxylic acids is 1. The number of nitriles is 1. The van der Waals surface area contributed by atoms with Crippen LogP contribution in [0.1, 0.15) is 28.4 Å². The third-order valence-corrected chi connectivity index (χ3v) is 5.53. The van der Waals surface area contributed by atoms with Gasteiger partial charge in [-0.3, -0.25) is 4.79 Å². The van der Waals surface area contributed by atoms with Crippen molar-refractivity contribution in [1.82, 2.24) is 4.90 Å². The van der Waals surface area contributed by atoms with Crippen LogP contribution >= 0.6 is 0 Å². The van der Waals surface area contributed by atoms with E-state index in [0.29, 0.717) is 12.0 Å². The lowest BCUT2D eigenvalue weighted by Crippen LogP contribution is -2.38. The highest BCUT2D eigenvalue weighted by Gasteiger charge is 2.44. The molecular weight excluding hydrogens is 283 g/mol. The highest BCUT2D eigenvalue weighted by molar-refractivity contribution is 7.91. The van der Waals surface area contributed by atoms with Gasteiger partial charge in [0.1, 0.15) is 11.9 Å². The number of carbonyl (C=O) groups is 1. The van der Waals surface area contributed by atoms with E-state index in [9.17, 15) is 22.9 Å². The number of nitrogens with zero attached hydrogens (tertiary/aromatic N) is 2. The Morgan fingerprint density at radius 1 is 1.40 bits per heavy atom. The van der Waals surface area contributed by atoms with E-state index in [2.05, 4.69) is 0 Å². The van der Waals surface area contributed by atoms with Crippen LogP contribution in [0.5, 0.6) is 0 Å². The van der Waals surface area contributed by atoms with Crippen LogP contribution in [0.25, 0.3) is 0 Å². The zero-order valence-corrected chi connectivity index (χ0v) is 11.2. The molecule has 5 nitrogen and oxygen atoms in total. The Bertz CT molecular complexity index is 738. The van der Waals surface area contributed by atoms with Crippen molar-refractivity contribution in [3.63, 3.8) is 0 Å². The van der Waals surface area contributed by atoms with Crippen molar-refractivity contribution in [2.24, 2.45) is 0 Å². The molecule has 1 saturated heterocycles. The second-order valence-corrected chi connectivity index (χ2v) is 7.26. The fourth-order valence-electron chi connectivity index (χ4n) is 2.86. The van der Waals surface area contributed by atoms with Gasteiger partial charge in [-0.2, -0.15) is 5.26 Å². The number of fused-ring (bicyclic) bond motifs is 1. The molecule has 104 valence electrons. The van der Waals surface area contributed by atoms with Crippen LogP contribution in [-0.2, 0) is 9.84 Å². The Kier molecular flexibility index (Phi) is 2.80. The summed E-state index contributed by atoms with van der Waals surface area (Å²) >= 11 is 0. The summed E-state index contributed by atoms with van der Waals surface area (Å²) in [4.78, 5) is 13.6. The highest BCUT2D eigenvalue weighted by atomic mass is 32.2. The van der Waals surface area contributed by atoms with Crippen LogP contribution in [0.15, 0.2) is 18.2 Å². The molecule has 2 atom stereocenters. The van der Waals surface area contributed by atoms with E-state index in [1.165, 1.54) is 23.1 Å². The summed E-state index contributed by atoms with van der Waals surface area (Å²) in [6, 6.07) is 4.24. The smallest absolute Gasteiger partial charge is 0.255 e. The summed E-state index contributed by atoms with van der Waals surface area (Å²) in [5.74, 6) is -1.02. The van der Waals surface area contributed by atoms with Gasteiger partial charge >= 0.3 is 0 Å². The summed E-state index contributed by atoms with van der Waals surface area (Å²) in [6.07, 6.45) is 0.322.